The number of nitrogens with one attached hydrogen (secondary N) is 1. The Hall–Kier alpha value is -2.82. The minimum atomic E-state index is -0.105. The lowest BCUT2D eigenvalue weighted by Crippen LogP contribution is -2.02. The lowest BCUT2D eigenvalue weighted by atomic mass is 10.0. The molecule has 1 N–H and O–H groups in total. The molecule has 0 spiro atoms. The second-order valence-corrected chi connectivity index (χ2v) is 4.55. The zero-order valence-corrected chi connectivity index (χ0v) is 11.7. The molecule has 0 aliphatic rings. The van der Waals surface area contributed by atoms with Gasteiger partial charge in [0.1, 0.15) is 11.5 Å². The molecule has 0 atom stereocenters. The molecule has 0 bridgehead atoms. The summed E-state index contributed by atoms with van der Waals surface area (Å²) in [5.74, 6) is 1.05. The summed E-state index contributed by atoms with van der Waals surface area (Å²) < 4.78 is 10.4. The summed E-state index contributed by atoms with van der Waals surface area (Å²) in [6, 6.07) is 6.95. The highest BCUT2D eigenvalue weighted by Gasteiger charge is 2.16. The zero-order valence-electron chi connectivity index (χ0n) is 11.7. The van der Waals surface area contributed by atoms with Gasteiger partial charge in [-0.25, -0.2) is 0 Å². The van der Waals surface area contributed by atoms with Gasteiger partial charge >= 0.3 is 0 Å². The molecule has 0 saturated heterocycles. The molecule has 0 amide bonds. The zero-order chi connectivity index (χ0) is 14.8. The van der Waals surface area contributed by atoms with E-state index in [0.29, 0.717) is 22.6 Å². The molecule has 1 aromatic carbocycles. The summed E-state index contributed by atoms with van der Waals surface area (Å²) in [5, 5.41) is 0.796. The predicted octanol–water partition coefficient (Wildman–Crippen LogP) is 2.81. The summed E-state index contributed by atoms with van der Waals surface area (Å²) in [6.45, 7) is 0. The minimum Gasteiger partial charge on any atom is -0.497 e. The average molecular weight is 282 g/mol. The van der Waals surface area contributed by atoms with Crippen LogP contribution in [0.4, 0.5) is 0 Å². The SMILES string of the molecule is COc1cc(OC)cc(C(=O)c2c[nH]c3ccncc23)c1. The Kier molecular flexibility index (Phi) is 3.31. The van der Waals surface area contributed by atoms with Gasteiger partial charge in [-0.2, -0.15) is 0 Å². The van der Waals surface area contributed by atoms with Gasteiger partial charge < -0.3 is 14.5 Å². The van der Waals surface area contributed by atoms with Gasteiger partial charge in [0.2, 0.25) is 0 Å². The van der Waals surface area contributed by atoms with Gasteiger partial charge in [-0.1, -0.05) is 0 Å². The van der Waals surface area contributed by atoms with Crippen molar-refractivity contribution >= 4 is 16.7 Å². The molecule has 2 heterocycles. The van der Waals surface area contributed by atoms with Crippen LogP contribution in [0.1, 0.15) is 15.9 Å². The smallest absolute Gasteiger partial charge is 0.195 e. The number of H-pyrrole nitrogens is 1. The van der Waals surface area contributed by atoms with Crippen molar-refractivity contribution in [3.05, 3.63) is 54.0 Å². The van der Waals surface area contributed by atoms with Crippen molar-refractivity contribution in [3.8, 4) is 11.5 Å². The molecule has 0 saturated carbocycles. The van der Waals surface area contributed by atoms with Crippen LogP contribution in [0.25, 0.3) is 10.9 Å². The number of pyridine rings is 1. The predicted molar refractivity (Wildman–Crippen MR) is 79.1 cm³/mol. The topological polar surface area (TPSA) is 64.2 Å². The Bertz CT molecular complexity index is 786. The molecule has 0 aliphatic heterocycles. The third-order valence-electron chi connectivity index (χ3n) is 3.34. The fourth-order valence-corrected chi connectivity index (χ4v) is 2.24. The molecule has 3 aromatic rings. The first-order valence-electron chi connectivity index (χ1n) is 6.42. The van der Waals surface area contributed by atoms with Crippen LogP contribution in [-0.4, -0.2) is 30.0 Å². The molecule has 0 fully saturated rings. The number of aromatic nitrogens is 2. The molecule has 5 nitrogen and oxygen atoms in total. The number of benzene rings is 1. The Morgan fingerprint density at radius 3 is 2.52 bits per heavy atom. The van der Waals surface area contributed by atoms with Crippen molar-refractivity contribution in [1.29, 1.82) is 0 Å². The van der Waals surface area contributed by atoms with Gasteiger partial charge in [-0.3, -0.25) is 9.78 Å². The molecule has 3 rings (SSSR count). The molecule has 5 heteroatoms. The lowest BCUT2D eigenvalue weighted by Gasteiger charge is -2.07. The highest BCUT2D eigenvalue weighted by atomic mass is 16.5. The molecule has 0 radical (unpaired) electrons. The monoisotopic (exact) mass is 282 g/mol. The summed E-state index contributed by atoms with van der Waals surface area (Å²) in [7, 11) is 3.11. The summed E-state index contributed by atoms with van der Waals surface area (Å²) in [6.07, 6.45) is 5.05. The van der Waals surface area contributed by atoms with Crippen molar-refractivity contribution in [2.75, 3.05) is 14.2 Å². The molecule has 0 unspecified atom stereocenters. The number of rotatable bonds is 4. The Balaban J connectivity index is 2.09. The van der Waals surface area contributed by atoms with Crippen LogP contribution in [0, 0.1) is 0 Å². The molecule has 0 aliphatic carbocycles. The van der Waals surface area contributed by atoms with Gasteiger partial charge in [0.15, 0.2) is 5.78 Å². The Morgan fingerprint density at radius 2 is 1.86 bits per heavy atom. The van der Waals surface area contributed by atoms with E-state index < -0.39 is 0 Å². The van der Waals surface area contributed by atoms with Crippen LogP contribution in [-0.2, 0) is 0 Å². The molecular weight excluding hydrogens is 268 g/mol. The summed E-state index contributed by atoms with van der Waals surface area (Å²) >= 11 is 0. The second kappa shape index (κ2) is 5.28. The maximum Gasteiger partial charge on any atom is 0.195 e. The maximum absolute atomic E-state index is 12.7. The van der Waals surface area contributed by atoms with Crippen LogP contribution in [0.3, 0.4) is 0 Å². The third kappa shape index (κ3) is 2.33. The van der Waals surface area contributed by atoms with E-state index in [1.165, 1.54) is 0 Å². The minimum absolute atomic E-state index is 0.105. The number of carbonyl (C=O) groups is 1. The van der Waals surface area contributed by atoms with Gasteiger partial charge in [0.05, 0.1) is 14.2 Å². The lowest BCUT2D eigenvalue weighted by molar-refractivity contribution is 0.103. The highest BCUT2D eigenvalue weighted by Crippen LogP contribution is 2.26. The van der Waals surface area contributed by atoms with Crippen LogP contribution in [0.15, 0.2) is 42.9 Å². The number of hydrogen-bond acceptors (Lipinski definition) is 4. The van der Waals surface area contributed by atoms with E-state index in [-0.39, 0.29) is 5.78 Å². The van der Waals surface area contributed by atoms with Crippen LogP contribution in [0.2, 0.25) is 0 Å². The highest BCUT2D eigenvalue weighted by molar-refractivity contribution is 6.16. The molecular formula is C16H14N2O3. The summed E-state index contributed by atoms with van der Waals surface area (Å²) in [5.41, 5.74) is 1.97. The first-order chi connectivity index (χ1) is 10.2. The largest absolute Gasteiger partial charge is 0.497 e. The number of aromatic amines is 1. The van der Waals surface area contributed by atoms with Crippen molar-refractivity contribution in [3.63, 3.8) is 0 Å². The fraction of sp³-hybridized carbons (Fsp3) is 0.125. The number of methoxy groups -OCH3 is 2. The Labute approximate surface area is 121 Å². The average Bonchev–Trinajstić information content (AvgIpc) is 2.97. The van der Waals surface area contributed by atoms with Crippen molar-refractivity contribution < 1.29 is 14.3 Å². The normalized spacial score (nSPS) is 10.6. The van der Waals surface area contributed by atoms with E-state index in [2.05, 4.69) is 9.97 Å². The van der Waals surface area contributed by atoms with Crippen LogP contribution in [0.5, 0.6) is 11.5 Å². The molecule has 106 valence electrons. The van der Waals surface area contributed by atoms with Crippen LogP contribution < -0.4 is 9.47 Å². The van der Waals surface area contributed by atoms with Crippen molar-refractivity contribution in [2.24, 2.45) is 0 Å². The maximum atomic E-state index is 12.7. The fourth-order valence-electron chi connectivity index (χ4n) is 2.24. The standard InChI is InChI=1S/C16H14N2O3/c1-20-11-5-10(6-12(7-11)21-2)16(19)14-9-18-15-3-4-17-8-13(14)15/h3-9,18H,1-2H3. The second-order valence-electron chi connectivity index (χ2n) is 4.55. The van der Waals surface area contributed by atoms with E-state index in [0.717, 1.165) is 10.9 Å². The van der Waals surface area contributed by atoms with Gasteiger partial charge in [-0.15, -0.1) is 0 Å². The van der Waals surface area contributed by atoms with Crippen LogP contribution >= 0.6 is 0 Å². The summed E-state index contributed by atoms with van der Waals surface area (Å²) in [4.78, 5) is 19.8. The van der Waals surface area contributed by atoms with Crippen molar-refractivity contribution in [2.45, 2.75) is 0 Å². The quantitative estimate of drug-likeness (QED) is 0.747. The number of ether oxygens (including phenoxy) is 2. The van der Waals surface area contributed by atoms with Gasteiger partial charge in [0.25, 0.3) is 0 Å². The van der Waals surface area contributed by atoms with Crippen molar-refractivity contribution in [1.82, 2.24) is 9.97 Å². The third-order valence-corrected chi connectivity index (χ3v) is 3.34. The van der Waals surface area contributed by atoms with Gasteiger partial charge in [-0.05, 0) is 18.2 Å². The number of carbonyl (C=O) groups excluding carboxylic acids is 1. The first-order valence-corrected chi connectivity index (χ1v) is 6.42. The number of nitrogens with zero attached hydrogens (tertiary/aromatic N) is 1. The van der Waals surface area contributed by atoms with E-state index in [9.17, 15) is 4.79 Å². The number of fused-ring (bicyclic) bond motifs is 1. The van der Waals surface area contributed by atoms with E-state index in [4.69, 9.17) is 9.47 Å². The Morgan fingerprint density at radius 1 is 1.14 bits per heavy atom. The number of hydrogen-bond donors (Lipinski definition) is 1. The molecule has 21 heavy (non-hydrogen) atoms. The van der Waals surface area contributed by atoms with Gasteiger partial charge in [0, 0.05) is 46.7 Å². The molecule has 2 aromatic heterocycles. The number of ketones is 1. The van der Waals surface area contributed by atoms with E-state index in [1.54, 1.807) is 51.0 Å². The first kappa shape index (κ1) is 13.2. The van der Waals surface area contributed by atoms with E-state index in [1.807, 2.05) is 6.07 Å². The van der Waals surface area contributed by atoms with E-state index >= 15 is 0 Å².